The predicted octanol–water partition coefficient (Wildman–Crippen LogP) is 4.86. The van der Waals surface area contributed by atoms with Gasteiger partial charge in [-0.05, 0) is 42.3 Å². The fraction of sp³-hybridized carbons (Fsp3) is 0.150. The van der Waals surface area contributed by atoms with Gasteiger partial charge in [0.1, 0.15) is 11.5 Å². The molecule has 1 atom stereocenters. The highest BCUT2D eigenvalue weighted by Gasteiger charge is 2.13. The topological polar surface area (TPSA) is 51.5 Å². The van der Waals surface area contributed by atoms with E-state index in [1.807, 2.05) is 55.5 Å². The van der Waals surface area contributed by atoms with E-state index in [0.29, 0.717) is 16.5 Å². The van der Waals surface area contributed by atoms with E-state index < -0.39 is 0 Å². The Balaban J connectivity index is 1.59. The number of carbonyl (C=O) groups is 1. The molecule has 0 radical (unpaired) electrons. The highest BCUT2D eigenvalue weighted by Crippen LogP contribution is 2.30. The molecule has 2 aromatic carbocycles. The van der Waals surface area contributed by atoms with E-state index in [0.717, 1.165) is 11.1 Å². The lowest BCUT2D eigenvalue weighted by Crippen LogP contribution is -2.31. The molecule has 1 heterocycles. The third kappa shape index (κ3) is 4.43. The Morgan fingerprint density at radius 3 is 2.60 bits per heavy atom. The van der Waals surface area contributed by atoms with E-state index in [4.69, 9.17) is 20.8 Å². The third-order valence-electron chi connectivity index (χ3n) is 3.75. The molecule has 1 aromatic heterocycles. The van der Waals surface area contributed by atoms with Gasteiger partial charge < -0.3 is 14.5 Å². The monoisotopic (exact) mass is 355 g/mol. The summed E-state index contributed by atoms with van der Waals surface area (Å²) < 4.78 is 10.8. The lowest BCUT2D eigenvalue weighted by molar-refractivity contribution is -0.123. The molecule has 0 spiro atoms. The molecule has 3 rings (SSSR count). The van der Waals surface area contributed by atoms with Crippen molar-refractivity contribution in [3.63, 3.8) is 0 Å². The molecule has 25 heavy (non-hydrogen) atoms. The number of amides is 1. The number of furan rings is 1. The van der Waals surface area contributed by atoms with Gasteiger partial charge in [0, 0.05) is 0 Å². The molecule has 0 unspecified atom stereocenters. The molecule has 1 amide bonds. The Labute approximate surface area is 151 Å². The fourth-order valence-electron chi connectivity index (χ4n) is 2.46. The molecular formula is C20H18ClNO3. The number of rotatable bonds is 6. The quantitative estimate of drug-likeness (QED) is 0.687. The van der Waals surface area contributed by atoms with Crippen LogP contribution >= 0.6 is 11.6 Å². The van der Waals surface area contributed by atoms with Gasteiger partial charge >= 0.3 is 0 Å². The van der Waals surface area contributed by atoms with E-state index in [1.54, 1.807) is 18.4 Å². The molecule has 0 fully saturated rings. The minimum Gasteiger partial charge on any atom is -0.482 e. The van der Waals surface area contributed by atoms with E-state index in [-0.39, 0.29) is 18.6 Å². The van der Waals surface area contributed by atoms with Crippen molar-refractivity contribution in [1.29, 1.82) is 0 Å². The lowest BCUT2D eigenvalue weighted by atomic mass is 10.1. The average molecular weight is 356 g/mol. The first-order chi connectivity index (χ1) is 12.1. The minimum atomic E-state index is -0.243. The smallest absolute Gasteiger partial charge is 0.258 e. The first-order valence-electron chi connectivity index (χ1n) is 7.94. The summed E-state index contributed by atoms with van der Waals surface area (Å²) in [6.07, 6.45) is 1.57. The molecule has 5 heteroatoms. The molecule has 0 aliphatic rings. The Morgan fingerprint density at radius 2 is 1.92 bits per heavy atom. The number of nitrogens with one attached hydrogen (secondary N) is 1. The van der Waals surface area contributed by atoms with Gasteiger partial charge in [-0.1, -0.05) is 48.0 Å². The maximum atomic E-state index is 12.0. The fourth-order valence-corrected chi connectivity index (χ4v) is 2.70. The van der Waals surface area contributed by atoms with Crippen molar-refractivity contribution in [3.8, 4) is 16.9 Å². The van der Waals surface area contributed by atoms with Gasteiger partial charge in [-0.15, -0.1) is 0 Å². The molecule has 3 aromatic rings. The summed E-state index contributed by atoms with van der Waals surface area (Å²) in [5.41, 5.74) is 2.06. The molecule has 0 bridgehead atoms. The Kier molecular flexibility index (Phi) is 5.41. The second-order valence-electron chi connectivity index (χ2n) is 5.60. The maximum absolute atomic E-state index is 12.0. The van der Waals surface area contributed by atoms with Crippen LogP contribution in [0.2, 0.25) is 5.02 Å². The summed E-state index contributed by atoms with van der Waals surface area (Å²) in [5, 5.41) is 3.27. The van der Waals surface area contributed by atoms with E-state index >= 15 is 0 Å². The van der Waals surface area contributed by atoms with Crippen LogP contribution in [0.5, 0.6) is 5.75 Å². The number of ether oxygens (including phenoxy) is 1. The Hall–Kier alpha value is -2.72. The van der Waals surface area contributed by atoms with Gasteiger partial charge in [-0.25, -0.2) is 0 Å². The zero-order valence-corrected chi connectivity index (χ0v) is 14.5. The lowest BCUT2D eigenvalue weighted by Gasteiger charge is -2.13. The number of carbonyl (C=O) groups excluding carboxylic acids is 1. The molecule has 0 saturated carbocycles. The maximum Gasteiger partial charge on any atom is 0.258 e. The third-order valence-corrected chi connectivity index (χ3v) is 4.04. The van der Waals surface area contributed by atoms with Crippen LogP contribution in [0.1, 0.15) is 18.7 Å². The molecule has 0 aliphatic carbocycles. The van der Waals surface area contributed by atoms with Crippen molar-refractivity contribution in [1.82, 2.24) is 5.32 Å². The zero-order chi connectivity index (χ0) is 17.6. The molecule has 0 aliphatic heterocycles. The standard InChI is InChI=1S/C20H18ClNO3/c1-14(18-8-5-11-24-18)22-20(23)13-25-19-10-9-16(12-17(19)21)15-6-3-2-4-7-15/h2-12,14H,13H2,1H3,(H,22,23)/t14-/m1/s1. The highest BCUT2D eigenvalue weighted by atomic mass is 35.5. The van der Waals surface area contributed by atoms with E-state index in [9.17, 15) is 4.79 Å². The predicted molar refractivity (Wildman–Crippen MR) is 97.6 cm³/mol. The van der Waals surface area contributed by atoms with Crippen molar-refractivity contribution in [2.24, 2.45) is 0 Å². The first kappa shape index (κ1) is 17.1. The van der Waals surface area contributed by atoms with Gasteiger partial charge in [0.05, 0.1) is 17.3 Å². The largest absolute Gasteiger partial charge is 0.482 e. The van der Waals surface area contributed by atoms with Crippen molar-refractivity contribution < 1.29 is 13.9 Å². The second-order valence-corrected chi connectivity index (χ2v) is 6.01. The van der Waals surface area contributed by atoms with Crippen LogP contribution in [-0.2, 0) is 4.79 Å². The van der Waals surface area contributed by atoms with Crippen molar-refractivity contribution >= 4 is 17.5 Å². The number of hydrogen-bond acceptors (Lipinski definition) is 3. The molecule has 1 N–H and O–H groups in total. The minimum absolute atomic E-state index is 0.116. The van der Waals surface area contributed by atoms with Crippen LogP contribution < -0.4 is 10.1 Å². The summed E-state index contributed by atoms with van der Waals surface area (Å²) in [6, 6.07) is 18.8. The molecule has 0 saturated heterocycles. The Bertz CT molecular complexity index is 831. The van der Waals surface area contributed by atoms with Crippen molar-refractivity contribution in [2.75, 3.05) is 6.61 Å². The van der Waals surface area contributed by atoms with Crippen molar-refractivity contribution in [3.05, 3.63) is 77.7 Å². The van der Waals surface area contributed by atoms with Crippen LogP contribution in [0.3, 0.4) is 0 Å². The molecule has 4 nitrogen and oxygen atoms in total. The summed E-state index contributed by atoms with van der Waals surface area (Å²) in [5.74, 6) is 0.924. The highest BCUT2D eigenvalue weighted by molar-refractivity contribution is 6.32. The zero-order valence-electron chi connectivity index (χ0n) is 13.7. The van der Waals surface area contributed by atoms with Crippen LogP contribution in [0, 0.1) is 0 Å². The van der Waals surface area contributed by atoms with Crippen LogP contribution in [0.25, 0.3) is 11.1 Å². The molecule has 128 valence electrons. The van der Waals surface area contributed by atoms with Crippen LogP contribution in [-0.4, -0.2) is 12.5 Å². The number of halogens is 1. The number of benzene rings is 2. The van der Waals surface area contributed by atoms with Crippen LogP contribution in [0.15, 0.2) is 71.3 Å². The van der Waals surface area contributed by atoms with Crippen LogP contribution in [0.4, 0.5) is 0 Å². The Morgan fingerprint density at radius 1 is 1.12 bits per heavy atom. The van der Waals surface area contributed by atoms with Gasteiger partial charge in [-0.3, -0.25) is 4.79 Å². The SMILES string of the molecule is C[C@@H](NC(=O)COc1ccc(-c2ccccc2)cc1Cl)c1ccco1. The second kappa shape index (κ2) is 7.90. The normalized spacial score (nSPS) is 11.8. The van der Waals surface area contributed by atoms with Gasteiger partial charge in [-0.2, -0.15) is 0 Å². The first-order valence-corrected chi connectivity index (χ1v) is 8.32. The van der Waals surface area contributed by atoms with Gasteiger partial charge in [0.25, 0.3) is 5.91 Å². The number of hydrogen-bond donors (Lipinski definition) is 1. The molecular weight excluding hydrogens is 338 g/mol. The summed E-state index contributed by atoms with van der Waals surface area (Å²) in [7, 11) is 0. The van der Waals surface area contributed by atoms with E-state index in [1.165, 1.54) is 0 Å². The summed E-state index contributed by atoms with van der Waals surface area (Å²) >= 11 is 6.28. The van der Waals surface area contributed by atoms with Gasteiger partial charge in [0.15, 0.2) is 6.61 Å². The van der Waals surface area contributed by atoms with Gasteiger partial charge in [0.2, 0.25) is 0 Å². The van der Waals surface area contributed by atoms with Crippen molar-refractivity contribution in [2.45, 2.75) is 13.0 Å². The average Bonchev–Trinajstić information content (AvgIpc) is 3.16. The summed E-state index contributed by atoms with van der Waals surface area (Å²) in [4.78, 5) is 12.0. The van der Waals surface area contributed by atoms with E-state index in [2.05, 4.69) is 5.32 Å². The summed E-state index contributed by atoms with van der Waals surface area (Å²) in [6.45, 7) is 1.73.